The summed E-state index contributed by atoms with van der Waals surface area (Å²) in [6, 6.07) is 16.4. The summed E-state index contributed by atoms with van der Waals surface area (Å²) in [4.78, 5) is 62.4. The summed E-state index contributed by atoms with van der Waals surface area (Å²) in [6.45, 7) is 13.4. The maximum atomic E-state index is 14.9. The van der Waals surface area contributed by atoms with Crippen LogP contribution in [0, 0.1) is 11.8 Å². The fourth-order valence-electron chi connectivity index (χ4n) is 8.65. The third kappa shape index (κ3) is 7.46. The predicted octanol–water partition coefficient (Wildman–Crippen LogP) is 5.27. The third-order valence-electron chi connectivity index (χ3n) is 11.4. The van der Waals surface area contributed by atoms with Crippen LogP contribution in [0.15, 0.2) is 86.0 Å². The van der Waals surface area contributed by atoms with Gasteiger partial charge in [0.2, 0.25) is 17.7 Å². The van der Waals surface area contributed by atoms with E-state index in [1.54, 1.807) is 29.0 Å². The molecule has 3 aliphatic rings. The van der Waals surface area contributed by atoms with E-state index in [9.17, 15) is 24.3 Å². The number of hydrogen-bond donors (Lipinski definition) is 1. The van der Waals surface area contributed by atoms with Gasteiger partial charge in [-0.25, -0.2) is 0 Å². The molecule has 1 N–H and O–H groups in total. The van der Waals surface area contributed by atoms with Gasteiger partial charge in [-0.05, 0) is 57.1 Å². The number of amides is 3. The summed E-state index contributed by atoms with van der Waals surface area (Å²) in [5, 5.41) is 10.9. The second-order valence-electron chi connectivity index (χ2n) is 14.6. The van der Waals surface area contributed by atoms with Gasteiger partial charge in [-0.3, -0.25) is 19.2 Å². The summed E-state index contributed by atoms with van der Waals surface area (Å²) in [7, 11) is 1.69. The van der Waals surface area contributed by atoms with E-state index in [0.29, 0.717) is 31.2 Å². The number of aliphatic hydroxyl groups is 1. The van der Waals surface area contributed by atoms with Gasteiger partial charge in [-0.2, -0.15) is 0 Å². The van der Waals surface area contributed by atoms with Crippen molar-refractivity contribution in [2.75, 3.05) is 20.2 Å². The summed E-state index contributed by atoms with van der Waals surface area (Å²) < 4.78 is 13.1. The first-order valence-corrected chi connectivity index (χ1v) is 18.7. The van der Waals surface area contributed by atoms with Gasteiger partial charge >= 0.3 is 5.97 Å². The molecule has 3 heterocycles. The van der Waals surface area contributed by atoms with Gasteiger partial charge in [0.1, 0.15) is 17.7 Å². The molecular formula is C42H55N3O7. The maximum absolute atomic E-state index is 14.9. The van der Waals surface area contributed by atoms with Crippen molar-refractivity contribution >= 4 is 23.7 Å². The Balaban J connectivity index is 1.53. The maximum Gasteiger partial charge on any atom is 0.313 e. The van der Waals surface area contributed by atoms with Crippen LogP contribution >= 0.6 is 0 Å². The molecule has 10 heteroatoms. The monoisotopic (exact) mass is 713 g/mol. The van der Waals surface area contributed by atoms with Crippen LogP contribution in [0.25, 0.3) is 0 Å². The number of esters is 1. The molecule has 5 rings (SSSR count). The van der Waals surface area contributed by atoms with E-state index in [2.05, 4.69) is 20.1 Å². The second kappa shape index (κ2) is 17.0. The van der Waals surface area contributed by atoms with Crippen LogP contribution in [0.5, 0.6) is 0 Å². The molecule has 0 saturated carbocycles. The molecule has 3 saturated heterocycles. The number of allylic oxidation sites excluding steroid dienone is 1. The van der Waals surface area contributed by atoms with Crippen molar-refractivity contribution in [3.8, 4) is 0 Å². The number of likely N-dealkylation sites (tertiary alicyclic amines) is 1. The number of ether oxygens (including phenoxy) is 2. The number of aliphatic hydroxyl groups excluding tert-OH is 1. The van der Waals surface area contributed by atoms with Crippen LogP contribution in [0.2, 0.25) is 0 Å². The van der Waals surface area contributed by atoms with Crippen LogP contribution in [0.3, 0.4) is 0 Å². The fourth-order valence-corrected chi connectivity index (χ4v) is 8.65. The SMILES string of the molecule is C=CCCC(=O)N(C)[C@H](C)[C@H](OC(=O)[C@@H]1[C@H]2C(=O)N([C@@H](CO)Cc3ccccc3)[C@H](C(=O)N(CC=C)C(C)CCC)[C@]23CC[C@H]1O3)c1ccccc1. The summed E-state index contributed by atoms with van der Waals surface area (Å²) in [5.41, 5.74) is 0.347. The normalized spacial score (nSPS) is 25.5. The number of likely N-dealkylation sites (N-methyl/N-ethyl adjacent to an activating group) is 1. The van der Waals surface area contributed by atoms with Gasteiger partial charge in [-0.1, -0.05) is 86.2 Å². The lowest BCUT2D eigenvalue weighted by Gasteiger charge is -2.41. The quantitative estimate of drug-likeness (QED) is 0.165. The first-order chi connectivity index (χ1) is 25.0. The highest BCUT2D eigenvalue weighted by Gasteiger charge is 2.75. The largest absolute Gasteiger partial charge is 0.455 e. The number of benzene rings is 2. The lowest BCUT2D eigenvalue weighted by Crippen LogP contribution is -2.60. The molecule has 280 valence electrons. The molecule has 3 aliphatic heterocycles. The summed E-state index contributed by atoms with van der Waals surface area (Å²) in [6.07, 6.45) is 5.55. The molecule has 1 spiro atoms. The molecule has 2 bridgehead atoms. The molecule has 9 atom stereocenters. The Kier molecular flexibility index (Phi) is 12.8. The molecule has 3 amide bonds. The zero-order chi connectivity index (χ0) is 37.6. The Hall–Kier alpha value is -4.28. The predicted molar refractivity (Wildman–Crippen MR) is 199 cm³/mol. The summed E-state index contributed by atoms with van der Waals surface area (Å²) >= 11 is 0. The molecule has 1 unspecified atom stereocenters. The molecule has 3 fully saturated rings. The highest BCUT2D eigenvalue weighted by Crippen LogP contribution is 2.59. The first kappa shape index (κ1) is 38.9. The Morgan fingerprint density at radius 2 is 1.75 bits per heavy atom. The minimum atomic E-state index is -1.27. The Morgan fingerprint density at radius 3 is 2.37 bits per heavy atom. The van der Waals surface area contributed by atoms with E-state index in [1.165, 1.54) is 4.90 Å². The Bertz CT molecular complexity index is 1580. The molecule has 0 radical (unpaired) electrons. The minimum absolute atomic E-state index is 0.107. The van der Waals surface area contributed by atoms with Crippen LogP contribution in [-0.4, -0.2) is 99.6 Å². The molecule has 52 heavy (non-hydrogen) atoms. The van der Waals surface area contributed by atoms with E-state index in [0.717, 1.165) is 18.4 Å². The minimum Gasteiger partial charge on any atom is -0.455 e. The molecule has 0 aliphatic carbocycles. The smallest absolute Gasteiger partial charge is 0.313 e. The van der Waals surface area contributed by atoms with E-state index < -0.39 is 53.7 Å². The van der Waals surface area contributed by atoms with Crippen molar-refractivity contribution in [2.24, 2.45) is 11.8 Å². The molecule has 10 nitrogen and oxygen atoms in total. The van der Waals surface area contributed by atoms with Gasteiger partial charge in [0.25, 0.3) is 0 Å². The van der Waals surface area contributed by atoms with Crippen molar-refractivity contribution in [2.45, 2.75) is 108 Å². The second-order valence-corrected chi connectivity index (χ2v) is 14.6. The number of fused-ring (bicyclic) bond motifs is 1. The molecule has 0 aromatic heterocycles. The zero-order valence-corrected chi connectivity index (χ0v) is 31.1. The van der Waals surface area contributed by atoms with Crippen molar-refractivity contribution < 1.29 is 33.8 Å². The topological polar surface area (TPSA) is 117 Å². The van der Waals surface area contributed by atoms with Gasteiger partial charge in [0.05, 0.1) is 36.6 Å². The van der Waals surface area contributed by atoms with Crippen LogP contribution in [-0.2, 0) is 35.1 Å². The van der Waals surface area contributed by atoms with Gasteiger partial charge in [-0.15, -0.1) is 13.2 Å². The van der Waals surface area contributed by atoms with Crippen molar-refractivity contribution in [1.82, 2.24) is 14.7 Å². The average Bonchev–Trinajstić information content (AvgIpc) is 3.81. The van der Waals surface area contributed by atoms with Gasteiger partial charge in [0, 0.05) is 26.1 Å². The Labute approximate surface area is 308 Å². The number of carbonyl (C=O) groups is 4. The van der Waals surface area contributed by atoms with E-state index in [4.69, 9.17) is 9.47 Å². The standard InChI is InChI=1S/C42H55N3O7/c1-7-10-22-34(47)43(6)29(5)37(31-20-15-12-16-21-31)51-41(50)35-33-23-24-42(52-33)36(35)39(48)45(32(27-46)26-30-18-13-11-14-19-30)38(42)40(49)44(25-9-3)28(4)17-8-2/h7,9,11-16,18-21,28-29,32-33,35-38,46H,1,3,8,10,17,22-27H2,2,4-6H3/t28?,29-,32-,33-,35+,36+,37+,38-,42+/m1/s1. The Morgan fingerprint density at radius 1 is 1.08 bits per heavy atom. The number of carbonyl (C=O) groups excluding carboxylic acids is 4. The zero-order valence-electron chi connectivity index (χ0n) is 31.1. The third-order valence-corrected chi connectivity index (χ3v) is 11.4. The molecular weight excluding hydrogens is 658 g/mol. The van der Waals surface area contributed by atoms with Crippen molar-refractivity contribution in [3.63, 3.8) is 0 Å². The van der Waals surface area contributed by atoms with Crippen molar-refractivity contribution in [1.29, 1.82) is 0 Å². The van der Waals surface area contributed by atoms with Crippen molar-refractivity contribution in [3.05, 3.63) is 97.1 Å². The van der Waals surface area contributed by atoms with Crippen LogP contribution in [0.1, 0.15) is 76.5 Å². The highest BCUT2D eigenvalue weighted by atomic mass is 16.6. The number of rotatable bonds is 18. The molecule has 2 aromatic rings. The lowest BCUT2D eigenvalue weighted by atomic mass is 9.70. The van der Waals surface area contributed by atoms with E-state index >= 15 is 0 Å². The van der Waals surface area contributed by atoms with E-state index in [-0.39, 0.29) is 43.3 Å². The fraction of sp³-hybridized carbons (Fsp3) is 0.524. The summed E-state index contributed by atoms with van der Waals surface area (Å²) in [5.74, 6) is -3.32. The first-order valence-electron chi connectivity index (χ1n) is 18.7. The van der Waals surface area contributed by atoms with Crippen LogP contribution in [0.4, 0.5) is 0 Å². The lowest BCUT2D eigenvalue weighted by molar-refractivity contribution is -0.165. The van der Waals surface area contributed by atoms with E-state index in [1.807, 2.05) is 74.5 Å². The number of hydrogen-bond acceptors (Lipinski definition) is 7. The van der Waals surface area contributed by atoms with Gasteiger partial charge < -0.3 is 29.3 Å². The van der Waals surface area contributed by atoms with Crippen LogP contribution < -0.4 is 0 Å². The molecule has 2 aromatic carbocycles. The average molecular weight is 714 g/mol. The highest BCUT2D eigenvalue weighted by molar-refractivity contribution is 5.98. The number of nitrogens with zero attached hydrogens (tertiary/aromatic N) is 3. The van der Waals surface area contributed by atoms with Gasteiger partial charge in [0.15, 0.2) is 0 Å².